The molecule has 0 saturated carbocycles. The molecule has 0 unspecified atom stereocenters. The van der Waals surface area contributed by atoms with Crippen LogP contribution in [0.4, 0.5) is 17.6 Å². The molecule has 11 heavy (non-hydrogen) atoms. The fraction of sp³-hybridized carbons (Fsp3) is 0.667. The SMILES string of the molecule is FC(F)(Cl)C(F)(Cl)Cl.F[C]Cl. The van der Waals surface area contributed by atoms with E-state index in [1.54, 1.807) is 0 Å². The summed E-state index contributed by atoms with van der Waals surface area (Å²) in [6, 6.07) is 0. The Morgan fingerprint density at radius 2 is 1.09 bits per heavy atom. The monoisotopic (exact) mass is 252 g/mol. The Morgan fingerprint density at radius 3 is 1.09 bits per heavy atom. The molecule has 0 rings (SSSR count). The molecule has 0 aliphatic carbocycles. The van der Waals surface area contributed by atoms with Crippen molar-refractivity contribution >= 4 is 46.4 Å². The van der Waals surface area contributed by atoms with Gasteiger partial charge in [0, 0.05) is 0 Å². The summed E-state index contributed by atoms with van der Waals surface area (Å²) in [5.41, 5.74) is 0. The molecule has 0 nitrogen and oxygen atoms in total. The van der Waals surface area contributed by atoms with Crippen molar-refractivity contribution in [1.82, 2.24) is 0 Å². The molecule has 0 aromatic carbocycles. The van der Waals surface area contributed by atoms with Crippen molar-refractivity contribution in [1.29, 1.82) is 0 Å². The molecule has 0 bridgehead atoms. The van der Waals surface area contributed by atoms with E-state index in [2.05, 4.69) is 46.4 Å². The lowest BCUT2D eigenvalue weighted by atomic mass is 10.8. The highest BCUT2D eigenvalue weighted by Gasteiger charge is 2.51. The molecule has 0 heterocycles. The van der Waals surface area contributed by atoms with Crippen LogP contribution in [0.3, 0.4) is 0 Å². The second kappa shape index (κ2) is 5.51. The van der Waals surface area contributed by atoms with Crippen molar-refractivity contribution in [2.45, 2.75) is 9.97 Å². The summed E-state index contributed by atoms with van der Waals surface area (Å²) in [5.74, 6) is 0. The zero-order valence-corrected chi connectivity index (χ0v) is 7.55. The van der Waals surface area contributed by atoms with E-state index in [0.717, 1.165) is 6.13 Å². The van der Waals surface area contributed by atoms with Crippen molar-refractivity contribution in [2.75, 3.05) is 0 Å². The van der Waals surface area contributed by atoms with Crippen LogP contribution >= 0.6 is 46.4 Å². The topological polar surface area (TPSA) is 0 Å². The van der Waals surface area contributed by atoms with Gasteiger partial charge in [-0.2, -0.15) is 13.2 Å². The van der Waals surface area contributed by atoms with Gasteiger partial charge in [-0.05, 0) is 11.6 Å². The van der Waals surface area contributed by atoms with E-state index in [-0.39, 0.29) is 0 Å². The highest BCUT2D eigenvalue weighted by molar-refractivity contribution is 6.51. The van der Waals surface area contributed by atoms with E-state index in [1.165, 1.54) is 0 Å². The Labute approximate surface area is 80.4 Å². The van der Waals surface area contributed by atoms with E-state index in [4.69, 9.17) is 0 Å². The molecule has 0 aromatic rings. The van der Waals surface area contributed by atoms with E-state index in [9.17, 15) is 17.6 Å². The molecular formula is C3Cl4F4. The maximum absolute atomic E-state index is 11.5. The van der Waals surface area contributed by atoms with Crippen LogP contribution in [0.1, 0.15) is 0 Å². The van der Waals surface area contributed by atoms with Crippen LogP contribution in [0.5, 0.6) is 0 Å². The first kappa shape index (κ1) is 14.4. The normalized spacial score (nSPS) is 12.0. The Hall–Kier alpha value is 0.880. The first-order valence-electron chi connectivity index (χ1n) is 1.76. The van der Waals surface area contributed by atoms with Gasteiger partial charge in [-0.15, -0.1) is 0 Å². The summed E-state index contributed by atoms with van der Waals surface area (Å²) >= 11 is 16.6. The van der Waals surface area contributed by atoms with Crippen LogP contribution in [0.15, 0.2) is 0 Å². The third kappa shape index (κ3) is 8.79. The Kier molecular flexibility index (Phi) is 7.22. The molecule has 0 atom stereocenters. The number of hydrogen-bond donors (Lipinski definition) is 0. The molecule has 0 fully saturated rings. The van der Waals surface area contributed by atoms with E-state index in [0.29, 0.717) is 0 Å². The molecule has 0 N–H and O–H groups in total. The molecule has 0 spiro atoms. The van der Waals surface area contributed by atoms with Gasteiger partial charge < -0.3 is 0 Å². The van der Waals surface area contributed by atoms with Gasteiger partial charge >= 0.3 is 9.97 Å². The number of halogens is 8. The third-order valence-electron chi connectivity index (χ3n) is 0.321. The zero-order chi connectivity index (χ0) is 9.71. The van der Waals surface area contributed by atoms with E-state index in [1.807, 2.05) is 0 Å². The van der Waals surface area contributed by atoms with Crippen LogP contribution in [0.2, 0.25) is 0 Å². The molecule has 2 radical (unpaired) electrons. The Bertz CT molecular complexity index is 82.5. The van der Waals surface area contributed by atoms with Crippen molar-refractivity contribution in [2.24, 2.45) is 0 Å². The highest BCUT2D eigenvalue weighted by Crippen LogP contribution is 2.42. The van der Waals surface area contributed by atoms with E-state index < -0.39 is 9.97 Å². The zero-order valence-electron chi connectivity index (χ0n) is 4.52. The van der Waals surface area contributed by atoms with Crippen molar-refractivity contribution in [3.63, 3.8) is 0 Å². The van der Waals surface area contributed by atoms with Crippen LogP contribution in [-0.4, -0.2) is 9.97 Å². The molecular weight excluding hydrogens is 254 g/mol. The fourth-order valence-corrected chi connectivity index (χ4v) is 0. The summed E-state index contributed by atoms with van der Waals surface area (Å²) in [6.45, 7) is 0. The summed E-state index contributed by atoms with van der Waals surface area (Å²) in [7, 11) is 0. The number of hydrogen-bond acceptors (Lipinski definition) is 0. The maximum atomic E-state index is 11.5. The van der Waals surface area contributed by atoms with Crippen LogP contribution in [0, 0.1) is 6.13 Å². The second-order valence-electron chi connectivity index (χ2n) is 1.07. The van der Waals surface area contributed by atoms with Crippen LogP contribution in [-0.2, 0) is 0 Å². The quantitative estimate of drug-likeness (QED) is 0.487. The largest absolute Gasteiger partial charge is 0.383 e. The lowest BCUT2D eigenvalue weighted by molar-refractivity contribution is 0.0241. The second-order valence-corrected chi connectivity index (χ2v) is 2.92. The average molecular weight is 254 g/mol. The predicted molar refractivity (Wildman–Crippen MR) is 36.5 cm³/mol. The smallest absolute Gasteiger partial charge is 0.216 e. The summed E-state index contributed by atoms with van der Waals surface area (Å²) in [6.07, 6.45) is 0.722. The summed E-state index contributed by atoms with van der Waals surface area (Å²) in [4.78, 5) is 0. The van der Waals surface area contributed by atoms with Crippen molar-refractivity contribution in [3.05, 3.63) is 6.13 Å². The highest BCUT2D eigenvalue weighted by atomic mass is 35.5. The fourth-order valence-electron chi connectivity index (χ4n) is 0. The molecule has 0 saturated heterocycles. The van der Waals surface area contributed by atoms with Crippen molar-refractivity contribution < 1.29 is 17.6 Å². The molecule has 0 amide bonds. The third-order valence-corrected chi connectivity index (χ3v) is 1.25. The van der Waals surface area contributed by atoms with Gasteiger partial charge in [0.2, 0.25) is 0 Å². The van der Waals surface area contributed by atoms with Crippen LogP contribution in [0.25, 0.3) is 0 Å². The minimum Gasteiger partial charge on any atom is -0.216 e. The lowest BCUT2D eigenvalue weighted by Gasteiger charge is -2.13. The van der Waals surface area contributed by atoms with Gasteiger partial charge in [-0.1, -0.05) is 34.8 Å². The Morgan fingerprint density at radius 1 is 1.00 bits per heavy atom. The van der Waals surface area contributed by atoms with Gasteiger partial charge in [0.05, 0.1) is 0 Å². The first-order chi connectivity index (χ1) is 4.66. The minimum atomic E-state index is -4.23. The molecule has 0 aliphatic rings. The van der Waals surface area contributed by atoms with Crippen molar-refractivity contribution in [3.8, 4) is 0 Å². The first-order valence-corrected chi connectivity index (χ1v) is 3.27. The number of alkyl halides is 6. The lowest BCUT2D eigenvalue weighted by Crippen LogP contribution is -2.27. The minimum absolute atomic E-state index is 0.722. The van der Waals surface area contributed by atoms with Gasteiger partial charge in [-0.3, -0.25) is 0 Å². The number of rotatable bonds is 1. The van der Waals surface area contributed by atoms with Gasteiger partial charge in [0.25, 0.3) is 6.13 Å². The van der Waals surface area contributed by atoms with Gasteiger partial charge in [-0.25, -0.2) is 4.39 Å². The predicted octanol–water partition coefficient (Wildman–Crippen LogP) is 4.11. The standard InChI is InChI=1S/C2Cl3F3.CClF/c3-1(4,6)2(5,7)8;2-1-3. The van der Waals surface area contributed by atoms with Crippen LogP contribution < -0.4 is 0 Å². The molecule has 68 valence electrons. The summed E-state index contributed by atoms with van der Waals surface area (Å²) in [5, 5.41) is -4.23. The molecule has 0 aromatic heterocycles. The van der Waals surface area contributed by atoms with Gasteiger partial charge in [0.1, 0.15) is 0 Å². The maximum Gasteiger partial charge on any atom is 0.383 e. The van der Waals surface area contributed by atoms with E-state index >= 15 is 0 Å². The molecule has 0 aliphatic heterocycles. The van der Waals surface area contributed by atoms with Gasteiger partial charge in [0.15, 0.2) is 0 Å². The summed E-state index contributed by atoms with van der Waals surface area (Å²) < 4.78 is 40.4. The average Bonchev–Trinajstić information content (AvgIpc) is 1.60. The molecule has 8 heteroatoms. The Balaban J connectivity index is 0.